The standard InChI is InChI=1S/C20H26F3N3O4S/c1-2-13-30-24-17-18(27)26(12-11-19(17)9-5-6-10-19)14-15-7-3-4-8-16(15)25-31(28,29)20(21,22)23/h3-4,7-8,25H,2,5-6,9-14H2,1H3/b24-17-. The summed E-state index contributed by atoms with van der Waals surface area (Å²) in [7, 11) is -5.57. The van der Waals surface area contributed by atoms with Gasteiger partial charge in [0.1, 0.15) is 6.61 Å². The first-order chi connectivity index (χ1) is 14.6. The molecule has 3 rings (SSSR count). The molecular formula is C20H26F3N3O4S. The van der Waals surface area contributed by atoms with Crippen molar-refractivity contribution >= 4 is 27.3 Å². The van der Waals surface area contributed by atoms with E-state index in [0.717, 1.165) is 32.1 Å². The number of alkyl halides is 3. The molecule has 1 heterocycles. The molecule has 1 aliphatic carbocycles. The van der Waals surface area contributed by atoms with Crippen LogP contribution in [-0.4, -0.2) is 43.6 Å². The van der Waals surface area contributed by atoms with E-state index in [-0.39, 0.29) is 29.1 Å². The maximum atomic E-state index is 13.2. The number of hydrogen-bond acceptors (Lipinski definition) is 5. The average Bonchev–Trinajstić information content (AvgIpc) is 3.16. The van der Waals surface area contributed by atoms with Gasteiger partial charge in [-0.3, -0.25) is 9.52 Å². The first-order valence-corrected chi connectivity index (χ1v) is 11.7. The van der Waals surface area contributed by atoms with Crippen molar-refractivity contribution in [3.63, 3.8) is 0 Å². The highest BCUT2D eigenvalue weighted by Gasteiger charge is 2.48. The van der Waals surface area contributed by atoms with E-state index in [1.807, 2.05) is 6.92 Å². The van der Waals surface area contributed by atoms with Crippen molar-refractivity contribution < 1.29 is 31.2 Å². The van der Waals surface area contributed by atoms with Crippen LogP contribution in [0.15, 0.2) is 29.4 Å². The molecular weight excluding hydrogens is 435 g/mol. The molecule has 0 aromatic heterocycles. The van der Waals surface area contributed by atoms with Gasteiger partial charge in [-0.25, -0.2) is 0 Å². The molecule has 1 amide bonds. The number of halogens is 3. The molecule has 0 radical (unpaired) electrons. The summed E-state index contributed by atoms with van der Waals surface area (Å²) in [4.78, 5) is 20.1. The second kappa shape index (κ2) is 9.05. The van der Waals surface area contributed by atoms with E-state index < -0.39 is 15.5 Å². The highest BCUT2D eigenvalue weighted by atomic mass is 32.2. The predicted molar refractivity (Wildman–Crippen MR) is 110 cm³/mol. The van der Waals surface area contributed by atoms with Crippen molar-refractivity contribution in [3.8, 4) is 0 Å². The topological polar surface area (TPSA) is 88.1 Å². The van der Waals surface area contributed by atoms with Crippen molar-refractivity contribution in [3.05, 3.63) is 29.8 Å². The molecule has 1 spiro atoms. The molecule has 0 unspecified atom stereocenters. The lowest BCUT2D eigenvalue weighted by atomic mass is 9.75. The van der Waals surface area contributed by atoms with E-state index in [1.165, 1.54) is 23.1 Å². The Morgan fingerprint density at radius 3 is 2.52 bits per heavy atom. The molecule has 0 atom stereocenters. The van der Waals surface area contributed by atoms with Gasteiger partial charge in [0.2, 0.25) is 0 Å². The molecule has 7 nitrogen and oxygen atoms in total. The van der Waals surface area contributed by atoms with Crippen molar-refractivity contribution in [2.45, 2.75) is 57.5 Å². The SMILES string of the molecule is CCCO/N=C1/C(=O)N(Cc2ccccc2NS(=O)(=O)C(F)(F)F)CCC12CCCC2. The fraction of sp³-hybridized carbons (Fsp3) is 0.600. The zero-order chi connectivity index (χ0) is 22.7. The highest BCUT2D eigenvalue weighted by Crippen LogP contribution is 2.45. The van der Waals surface area contributed by atoms with Gasteiger partial charge in [-0.15, -0.1) is 0 Å². The lowest BCUT2D eigenvalue weighted by molar-refractivity contribution is -0.127. The van der Waals surface area contributed by atoms with Crippen LogP contribution in [0, 0.1) is 5.41 Å². The number of piperidine rings is 1. The number of hydrogen-bond donors (Lipinski definition) is 1. The Morgan fingerprint density at radius 1 is 1.19 bits per heavy atom. The number of para-hydroxylation sites is 1. The number of carbonyl (C=O) groups excluding carboxylic acids is 1. The minimum absolute atomic E-state index is 0.0434. The number of nitrogens with one attached hydrogen (secondary N) is 1. The highest BCUT2D eigenvalue weighted by molar-refractivity contribution is 7.93. The Bertz CT molecular complexity index is 941. The molecule has 1 N–H and O–H groups in total. The van der Waals surface area contributed by atoms with E-state index in [1.54, 1.807) is 10.8 Å². The van der Waals surface area contributed by atoms with E-state index in [4.69, 9.17) is 4.84 Å². The first-order valence-electron chi connectivity index (χ1n) is 10.3. The van der Waals surface area contributed by atoms with E-state index >= 15 is 0 Å². The zero-order valence-electron chi connectivity index (χ0n) is 17.2. The Balaban J connectivity index is 1.84. The molecule has 2 fully saturated rings. The third kappa shape index (κ3) is 4.97. The number of sulfonamides is 1. The molecule has 1 saturated heterocycles. The Hall–Kier alpha value is -2.30. The maximum Gasteiger partial charge on any atom is 0.516 e. The number of anilines is 1. The number of benzene rings is 1. The van der Waals surface area contributed by atoms with Gasteiger partial charge in [-0.05, 0) is 37.3 Å². The quantitative estimate of drug-likeness (QED) is 0.491. The molecule has 1 aliphatic heterocycles. The average molecular weight is 462 g/mol. The van der Waals surface area contributed by atoms with Gasteiger partial charge < -0.3 is 9.74 Å². The molecule has 172 valence electrons. The minimum atomic E-state index is -5.57. The van der Waals surface area contributed by atoms with Crippen LogP contribution in [0.2, 0.25) is 0 Å². The van der Waals surface area contributed by atoms with Gasteiger partial charge in [0, 0.05) is 18.5 Å². The fourth-order valence-electron chi connectivity index (χ4n) is 4.14. The third-order valence-electron chi connectivity index (χ3n) is 5.79. The Morgan fingerprint density at radius 2 is 1.87 bits per heavy atom. The maximum absolute atomic E-state index is 13.2. The summed E-state index contributed by atoms with van der Waals surface area (Å²) >= 11 is 0. The Labute approximate surface area is 179 Å². The summed E-state index contributed by atoms with van der Waals surface area (Å²) in [5, 5.41) is 4.16. The van der Waals surface area contributed by atoms with Crippen LogP contribution in [0.4, 0.5) is 18.9 Å². The molecule has 31 heavy (non-hydrogen) atoms. The summed E-state index contributed by atoms with van der Waals surface area (Å²) in [6.45, 7) is 2.68. The van der Waals surface area contributed by atoms with Crippen LogP contribution >= 0.6 is 0 Å². The van der Waals surface area contributed by atoms with Gasteiger partial charge in [-0.2, -0.15) is 21.6 Å². The van der Waals surface area contributed by atoms with Crippen LogP contribution in [0.5, 0.6) is 0 Å². The van der Waals surface area contributed by atoms with Gasteiger partial charge in [0.05, 0.1) is 5.69 Å². The molecule has 11 heteroatoms. The summed E-state index contributed by atoms with van der Waals surface area (Å²) in [5.74, 6) is -0.322. The summed E-state index contributed by atoms with van der Waals surface area (Å²) in [6, 6.07) is 5.73. The number of carbonyl (C=O) groups is 1. The van der Waals surface area contributed by atoms with Crippen molar-refractivity contribution in [1.82, 2.24) is 4.90 Å². The van der Waals surface area contributed by atoms with Crippen LogP contribution in [0.1, 0.15) is 51.0 Å². The van der Waals surface area contributed by atoms with E-state index in [9.17, 15) is 26.4 Å². The number of nitrogens with zero attached hydrogens (tertiary/aromatic N) is 2. The largest absolute Gasteiger partial charge is 0.516 e. The number of likely N-dealkylation sites (tertiary alicyclic amines) is 1. The van der Waals surface area contributed by atoms with Crippen LogP contribution < -0.4 is 4.72 Å². The lowest BCUT2D eigenvalue weighted by Crippen LogP contribution is -2.51. The lowest BCUT2D eigenvalue weighted by Gasteiger charge is -2.39. The van der Waals surface area contributed by atoms with Crippen molar-refractivity contribution in [2.75, 3.05) is 17.9 Å². The van der Waals surface area contributed by atoms with Crippen molar-refractivity contribution in [2.24, 2.45) is 10.6 Å². The monoisotopic (exact) mass is 461 g/mol. The fourth-order valence-corrected chi connectivity index (χ4v) is 4.74. The number of rotatable bonds is 7. The van der Waals surface area contributed by atoms with Crippen molar-refractivity contribution in [1.29, 1.82) is 0 Å². The van der Waals surface area contributed by atoms with Crippen LogP contribution in [0.25, 0.3) is 0 Å². The predicted octanol–water partition coefficient (Wildman–Crippen LogP) is 4.02. The molecule has 1 aromatic rings. The summed E-state index contributed by atoms with van der Waals surface area (Å²) in [6.07, 6.45) is 5.13. The second-order valence-corrected chi connectivity index (χ2v) is 9.62. The zero-order valence-corrected chi connectivity index (χ0v) is 18.1. The molecule has 2 aliphatic rings. The summed E-state index contributed by atoms with van der Waals surface area (Å²) < 4.78 is 63.1. The van der Waals surface area contributed by atoms with Gasteiger partial charge in [0.25, 0.3) is 5.91 Å². The first kappa shape index (κ1) is 23.4. The molecule has 0 bridgehead atoms. The molecule has 1 aromatic carbocycles. The Kier molecular flexibility index (Phi) is 6.82. The van der Waals surface area contributed by atoms with E-state index in [0.29, 0.717) is 25.3 Å². The van der Waals surface area contributed by atoms with Crippen LogP contribution in [-0.2, 0) is 26.2 Å². The van der Waals surface area contributed by atoms with Gasteiger partial charge in [-0.1, -0.05) is 43.1 Å². The van der Waals surface area contributed by atoms with Gasteiger partial charge >= 0.3 is 15.5 Å². The molecule has 1 saturated carbocycles. The second-order valence-electron chi connectivity index (χ2n) is 7.95. The smallest absolute Gasteiger partial charge is 0.395 e. The van der Waals surface area contributed by atoms with E-state index in [2.05, 4.69) is 5.16 Å². The minimum Gasteiger partial charge on any atom is -0.395 e. The van der Waals surface area contributed by atoms with Gasteiger partial charge in [0.15, 0.2) is 5.71 Å². The normalized spacial score (nSPS) is 20.5. The summed E-state index contributed by atoms with van der Waals surface area (Å²) in [5.41, 5.74) is -5.35. The number of amides is 1. The number of oxime groups is 1. The van der Waals surface area contributed by atoms with Crippen LogP contribution in [0.3, 0.4) is 0 Å². The third-order valence-corrected chi connectivity index (χ3v) is 6.89.